The summed E-state index contributed by atoms with van der Waals surface area (Å²) in [6.07, 6.45) is 4.77. The van der Waals surface area contributed by atoms with Crippen LogP contribution in [0.5, 0.6) is 0 Å². The zero-order valence-corrected chi connectivity index (χ0v) is 15.9. The Balaban J connectivity index is 2.49. The first-order valence-electron chi connectivity index (χ1n) is 8.38. The fourth-order valence-corrected chi connectivity index (χ4v) is 4.02. The van der Waals surface area contributed by atoms with E-state index in [2.05, 4.69) is 9.89 Å². The minimum atomic E-state index is -3.44. The summed E-state index contributed by atoms with van der Waals surface area (Å²) in [4.78, 5) is 6.76. The molecule has 0 bridgehead atoms. The van der Waals surface area contributed by atoms with E-state index in [0.717, 1.165) is 31.6 Å². The van der Waals surface area contributed by atoms with E-state index in [9.17, 15) is 8.42 Å². The highest BCUT2D eigenvalue weighted by Crippen LogP contribution is 2.32. The SMILES string of the molecule is CC(C)S(=O)(=O)c1ccc(N2CCCCCC2)cc1N=C(N)CCl. The van der Waals surface area contributed by atoms with Gasteiger partial charge >= 0.3 is 0 Å². The van der Waals surface area contributed by atoms with Crippen molar-refractivity contribution >= 4 is 38.6 Å². The van der Waals surface area contributed by atoms with E-state index < -0.39 is 15.1 Å². The third kappa shape index (κ3) is 4.42. The lowest BCUT2D eigenvalue weighted by Crippen LogP contribution is -2.24. The Bertz CT molecular complexity index is 694. The predicted molar refractivity (Wildman–Crippen MR) is 101 cm³/mol. The third-order valence-electron chi connectivity index (χ3n) is 4.24. The molecule has 0 aliphatic carbocycles. The van der Waals surface area contributed by atoms with Crippen LogP contribution in [0.1, 0.15) is 39.5 Å². The maximum absolute atomic E-state index is 12.6. The number of nitrogens with two attached hydrogens (primary N) is 1. The van der Waals surface area contributed by atoms with Gasteiger partial charge in [-0.15, -0.1) is 11.6 Å². The van der Waals surface area contributed by atoms with Crippen LogP contribution in [-0.4, -0.2) is 38.5 Å². The van der Waals surface area contributed by atoms with Gasteiger partial charge in [-0.05, 0) is 44.9 Å². The van der Waals surface area contributed by atoms with E-state index in [1.165, 1.54) is 12.8 Å². The van der Waals surface area contributed by atoms with Crippen molar-refractivity contribution in [1.82, 2.24) is 0 Å². The summed E-state index contributed by atoms with van der Waals surface area (Å²) in [5, 5.41) is -0.521. The number of rotatable bonds is 5. The molecule has 0 atom stereocenters. The fraction of sp³-hybridized carbons (Fsp3) is 0.588. The van der Waals surface area contributed by atoms with Gasteiger partial charge in [0.1, 0.15) is 5.84 Å². The molecule has 0 amide bonds. The van der Waals surface area contributed by atoms with E-state index >= 15 is 0 Å². The van der Waals surface area contributed by atoms with E-state index in [0.29, 0.717) is 5.69 Å². The molecule has 1 heterocycles. The van der Waals surface area contributed by atoms with Gasteiger partial charge in [0, 0.05) is 18.8 Å². The Morgan fingerprint density at radius 3 is 2.42 bits per heavy atom. The molecule has 0 aromatic heterocycles. The van der Waals surface area contributed by atoms with Crippen molar-refractivity contribution in [2.45, 2.75) is 49.7 Å². The minimum Gasteiger partial charge on any atom is -0.386 e. The number of amidine groups is 1. The maximum Gasteiger partial charge on any atom is 0.182 e. The highest BCUT2D eigenvalue weighted by atomic mass is 35.5. The molecule has 0 saturated carbocycles. The first kappa shape index (κ1) is 19.1. The largest absolute Gasteiger partial charge is 0.386 e. The number of hydrogen-bond donors (Lipinski definition) is 1. The fourth-order valence-electron chi connectivity index (χ4n) is 2.80. The summed E-state index contributed by atoms with van der Waals surface area (Å²) in [6.45, 7) is 5.28. The molecule has 2 N–H and O–H groups in total. The molecule has 0 unspecified atom stereocenters. The molecule has 7 heteroatoms. The van der Waals surface area contributed by atoms with E-state index in [-0.39, 0.29) is 16.6 Å². The zero-order chi connectivity index (χ0) is 17.7. The average molecular weight is 372 g/mol. The molecule has 5 nitrogen and oxygen atoms in total. The normalized spacial score (nSPS) is 17.2. The molecular formula is C17H26ClN3O2S. The van der Waals surface area contributed by atoms with Crippen LogP contribution in [0.4, 0.5) is 11.4 Å². The molecule has 134 valence electrons. The minimum absolute atomic E-state index is 0.0646. The van der Waals surface area contributed by atoms with Crippen LogP contribution in [0, 0.1) is 0 Å². The van der Waals surface area contributed by atoms with Crippen LogP contribution in [-0.2, 0) is 9.84 Å². The smallest absolute Gasteiger partial charge is 0.182 e. The van der Waals surface area contributed by atoms with Crippen LogP contribution < -0.4 is 10.6 Å². The average Bonchev–Trinajstić information content (AvgIpc) is 2.83. The second kappa shape index (κ2) is 8.21. The summed E-state index contributed by atoms with van der Waals surface area (Å²) in [7, 11) is -3.44. The number of anilines is 1. The Morgan fingerprint density at radius 2 is 1.88 bits per heavy atom. The Labute approximate surface area is 149 Å². The summed E-state index contributed by atoms with van der Waals surface area (Å²) in [5.74, 6) is 0.277. The maximum atomic E-state index is 12.6. The molecule has 0 radical (unpaired) electrons. The van der Waals surface area contributed by atoms with Crippen LogP contribution in [0.15, 0.2) is 28.1 Å². The number of alkyl halides is 1. The second-order valence-electron chi connectivity index (χ2n) is 6.38. The number of halogens is 1. The van der Waals surface area contributed by atoms with Crippen molar-refractivity contribution in [3.8, 4) is 0 Å². The van der Waals surface area contributed by atoms with Gasteiger partial charge in [0.25, 0.3) is 0 Å². The number of hydrogen-bond acceptors (Lipinski definition) is 4. The van der Waals surface area contributed by atoms with Crippen molar-refractivity contribution in [1.29, 1.82) is 0 Å². The van der Waals surface area contributed by atoms with Crippen molar-refractivity contribution in [3.05, 3.63) is 18.2 Å². The predicted octanol–water partition coefficient (Wildman–Crippen LogP) is 3.48. The van der Waals surface area contributed by atoms with E-state index in [1.54, 1.807) is 19.9 Å². The van der Waals surface area contributed by atoms with Gasteiger partial charge < -0.3 is 10.6 Å². The standard InChI is InChI=1S/C17H26ClN3O2S/c1-13(2)24(22,23)16-8-7-14(11-15(16)20-17(19)12-18)21-9-5-3-4-6-10-21/h7-8,11,13H,3-6,9-10,12H2,1-2H3,(H2,19,20). The molecular weight excluding hydrogens is 346 g/mol. The lowest BCUT2D eigenvalue weighted by Gasteiger charge is -2.23. The lowest BCUT2D eigenvalue weighted by atomic mass is 10.2. The molecule has 24 heavy (non-hydrogen) atoms. The van der Waals surface area contributed by atoms with E-state index in [4.69, 9.17) is 17.3 Å². The van der Waals surface area contributed by atoms with Crippen molar-refractivity contribution in [2.24, 2.45) is 10.7 Å². The Hall–Kier alpha value is -1.27. The number of benzene rings is 1. The monoisotopic (exact) mass is 371 g/mol. The third-order valence-corrected chi connectivity index (χ3v) is 6.72. The van der Waals surface area contributed by atoms with Crippen LogP contribution in [0.2, 0.25) is 0 Å². The molecule has 2 rings (SSSR count). The van der Waals surface area contributed by atoms with Crippen LogP contribution >= 0.6 is 11.6 Å². The zero-order valence-electron chi connectivity index (χ0n) is 14.3. The van der Waals surface area contributed by atoms with Crippen LogP contribution in [0.25, 0.3) is 0 Å². The highest BCUT2D eigenvalue weighted by molar-refractivity contribution is 7.92. The van der Waals surface area contributed by atoms with Crippen molar-refractivity contribution in [3.63, 3.8) is 0 Å². The number of aliphatic imine (C=N–C) groups is 1. The molecule has 1 aliphatic heterocycles. The van der Waals surface area contributed by atoms with Gasteiger partial charge in [0.05, 0.1) is 21.7 Å². The molecule has 1 aromatic carbocycles. The van der Waals surface area contributed by atoms with Gasteiger partial charge in [-0.2, -0.15) is 0 Å². The summed E-state index contributed by atoms with van der Waals surface area (Å²) in [6, 6.07) is 5.34. The first-order chi connectivity index (χ1) is 11.4. The Morgan fingerprint density at radius 1 is 1.25 bits per heavy atom. The molecule has 1 aromatic rings. The quantitative estimate of drug-likeness (QED) is 0.488. The van der Waals surface area contributed by atoms with Crippen molar-refractivity contribution in [2.75, 3.05) is 23.9 Å². The molecule has 1 saturated heterocycles. The van der Waals surface area contributed by atoms with Gasteiger partial charge in [-0.3, -0.25) is 0 Å². The molecule has 0 spiro atoms. The molecule has 1 fully saturated rings. The van der Waals surface area contributed by atoms with E-state index in [1.807, 2.05) is 12.1 Å². The highest BCUT2D eigenvalue weighted by Gasteiger charge is 2.24. The number of sulfone groups is 1. The molecule has 1 aliphatic rings. The van der Waals surface area contributed by atoms with Crippen molar-refractivity contribution < 1.29 is 8.42 Å². The van der Waals surface area contributed by atoms with Gasteiger partial charge in [-0.1, -0.05) is 12.8 Å². The summed E-state index contributed by atoms with van der Waals surface area (Å²) >= 11 is 5.73. The lowest BCUT2D eigenvalue weighted by molar-refractivity contribution is 0.587. The summed E-state index contributed by atoms with van der Waals surface area (Å²) in [5.41, 5.74) is 7.12. The first-order valence-corrected chi connectivity index (χ1v) is 10.5. The Kier molecular flexibility index (Phi) is 6.52. The topological polar surface area (TPSA) is 75.8 Å². The van der Waals surface area contributed by atoms with Gasteiger partial charge in [0.2, 0.25) is 0 Å². The van der Waals surface area contributed by atoms with Gasteiger partial charge in [-0.25, -0.2) is 13.4 Å². The summed E-state index contributed by atoms with van der Waals surface area (Å²) < 4.78 is 25.2. The van der Waals surface area contributed by atoms with Gasteiger partial charge in [0.15, 0.2) is 9.84 Å². The number of nitrogens with zero attached hydrogens (tertiary/aromatic N) is 2. The van der Waals surface area contributed by atoms with Crippen LogP contribution in [0.3, 0.4) is 0 Å². The second-order valence-corrected chi connectivity index (χ2v) is 9.12.